The first-order chi connectivity index (χ1) is 7.11. The maximum absolute atomic E-state index is 11.9. The smallest absolute Gasteiger partial charge is 0.216 e. The molecule has 1 saturated carbocycles. The number of hydrogen-bond donors (Lipinski definition) is 1. The number of nitrogens with two attached hydrogens (primary N) is 1. The summed E-state index contributed by atoms with van der Waals surface area (Å²) in [5, 5.41) is 0. The summed E-state index contributed by atoms with van der Waals surface area (Å²) >= 11 is 0. The quantitative estimate of drug-likeness (QED) is 0.632. The molecule has 0 unspecified atom stereocenters. The van der Waals surface area contributed by atoms with Crippen LogP contribution in [0, 0.1) is 0 Å². The zero-order chi connectivity index (χ0) is 11.3. The van der Waals surface area contributed by atoms with Crippen LogP contribution in [0.4, 0.5) is 0 Å². The highest BCUT2D eigenvalue weighted by Gasteiger charge is 2.36. The van der Waals surface area contributed by atoms with Crippen molar-refractivity contribution in [2.45, 2.75) is 25.3 Å². The third-order valence-electron chi connectivity index (χ3n) is 2.44. The van der Waals surface area contributed by atoms with Crippen molar-refractivity contribution in [2.75, 3.05) is 32.6 Å². The van der Waals surface area contributed by atoms with Gasteiger partial charge in [0.05, 0.1) is 12.4 Å². The highest BCUT2D eigenvalue weighted by atomic mass is 32.2. The Labute approximate surface area is 91.6 Å². The van der Waals surface area contributed by atoms with Crippen LogP contribution >= 0.6 is 0 Å². The molecule has 0 aromatic rings. The van der Waals surface area contributed by atoms with Gasteiger partial charge in [-0.3, -0.25) is 0 Å². The van der Waals surface area contributed by atoms with Gasteiger partial charge >= 0.3 is 0 Å². The zero-order valence-electron chi connectivity index (χ0n) is 9.18. The molecule has 0 bridgehead atoms. The van der Waals surface area contributed by atoms with Crippen molar-refractivity contribution in [3.63, 3.8) is 0 Å². The first-order valence-electron chi connectivity index (χ1n) is 5.30. The summed E-state index contributed by atoms with van der Waals surface area (Å²) in [4.78, 5) is 0. The lowest BCUT2D eigenvalue weighted by atomic mass is 10.4. The van der Waals surface area contributed by atoms with Crippen LogP contribution in [-0.4, -0.2) is 51.3 Å². The largest absolute Gasteiger partial charge is 0.384 e. The second-order valence-electron chi connectivity index (χ2n) is 3.79. The van der Waals surface area contributed by atoms with Gasteiger partial charge in [0.25, 0.3) is 0 Å². The molecule has 1 rings (SSSR count). The minimum atomic E-state index is -3.14. The van der Waals surface area contributed by atoms with E-state index in [1.807, 2.05) is 0 Å². The lowest BCUT2D eigenvalue weighted by molar-refractivity contribution is 0.215. The van der Waals surface area contributed by atoms with Crippen molar-refractivity contribution in [1.29, 1.82) is 0 Å². The van der Waals surface area contributed by atoms with E-state index in [4.69, 9.17) is 10.5 Å². The maximum atomic E-state index is 11.9. The highest BCUT2D eigenvalue weighted by Crippen LogP contribution is 2.29. The second kappa shape index (κ2) is 5.79. The van der Waals surface area contributed by atoms with E-state index >= 15 is 0 Å². The molecule has 0 aliphatic heterocycles. The number of rotatable bonds is 8. The summed E-state index contributed by atoms with van der Waals surface area (Å²) in [6.45, 7) is 1.34. The SMILES string of the molecule is COCCS(=O)(=O)N(CCCN)C1CC1. The third kappa shape index (κ3) is 4.06. The Bertz CT molecular complexity index is 275. The van der Waals surface area contributed by atoms with Crippen molar-refractivity contribution in [3.05, 3.63) is 0 Å². The van der Waals surface area contributed by atoms with Crippen molar-refractivity contribution >= 4 is 10.0 Å². The van der Waals surface area contributed by atoms with Gasteiger partial charge in [-0.1, -0.05) is 0 Å². The van der Waals surface area contributed by atoms with E-state index in [-0.39, 0.29) is 18.4 Å². The maximum Gasteiger partial charge on any atom is 0.216 e. The Hall–Kier alpha value is -0.170. The molecule has 0 radical (unpaired) electrons. The topological polar surface area (TPSA) is 72.6 Å². The van der Waals surface area contributed by atoms with E-state index < -0.39 is 10.0 Å². The second-order valence-corrected chi connectivity index (χ2v) is 5.83. The average Bonchev–Trinajstić information content (AvgIpc) is 2.99. The van der Waals surface area contributed by atoms with E-state index in [1.54, 1.807) is 4.31 Å². The highest BCUT2D eigenvalue weighted by molar-refractivity contribution is 7.89. The van der Waals surface area contributed by atoms with Crippen molar-refractivity contribution in [2.24, 2.45) is 5.73 Å². The minimum Gasteiger partial charge on any atom is -0.384 e. The summed E-state index contributed by atoms with van der Waals surface area (Å²) < 4.78 is 30.2. The van der Waals surface area contributed by atoms with Crippen molar-refractivity contribution < 1.29 is 13.2 Å². The Morgan fingerprint density at radius 3 is 2.60 bits per heavy atom. The van der Waals surface area contributed by atoms with Crippen LogP contribution in [-0.2, 0) is 14.8 Å². The summed E-state index contributed by atoms with van der Waals surface area (Å²) in [5.74, 6) is 0.0740. The molecule has 0 aromatic carbocycles. The first-order valence-corrected chi connectivity index (χ1v) is 6.91. The van der Waals surface area contributed by atoms with Gasteiger partial charge in [0, 0.05) is 19.7 Å². The lowest BCUT2D eigenvalue weighted by Crippen LogP contribution is -2.37. The van der Waals surface area contributed by atoms with Gasteiger partial charge in [0.1, 0.15) is 0 Å². The zero-order valence-corrected chi connectivity index (χ0v) is 10.0. The predicted molar refractivity (Wildman–Crippen MR) is 59.1 cm³/mol. The molecule has 0 heterocycles. The fourth-order valence-corrected chi connectivity index (χ4v) is 3.15. The molecule has 0 aromatic heterocycles. The van der Waals surface area contributed by atoms with Crippen LogP contribution in [0.3, 0.4) is 0 Å². The van der Waals surface area contributed by atoms with E-state index in [0.29, 0.717) is 13.1 Å². The third-order valence-corrected chi connectivity index (χ3v) is 4.32. The molecular formula is C9H20N2O3S. The number of sulfonamides is 1. The predicted octanol–water partition coefficient (Wildman–Crippen LogP) is -0.224. The Balaban J connectivity index is 2.52. The molecule has 1 fully saturated rings. The molecule has 0 spiro atoms. The van der Waals surface area contributed by atoms with Crippen LogP contribution < -0.4 is 5.73 Å². The van der Waals surface area contributed by atoms with E-state index in [0.717, 1.165) is 19.3 Å². The summed E-state index contributed by atoms with van der Waals surface area (Å²) in [6.07, 6.45) is 2.69. The molecule has 0 saturated heterocycles. The van der Waals surface area contributed by atoms with Gasteiger partial charge in [-0.05, 0) is 25.8 Å². The average molecular weight is 236 g/mol. The van der Waals surface area contributed by atoms with E-state index in [1.165, 1.54) is 7.11 Å². The summed E-state index contributed by atoms with van der Waals surface area (Å²) in [5.41, 5.74) is 5.39. The molecule has 1 aliphatic carbocycles. The van der Waals surface area contributed by atoms with Crippen LogP contribution in [0.5, 0.6) is 0 Å². The molecule has 5 nitrogen and oxygen atoms in total. The summed E-state index contributed by atoms with van der Waals surface area (Å²) in [7, 11) is -1.63. The van der Waals surface area contributed by atoms with Crippen LogP contribution in [0.2, 0.25) is 0 Å². The van der Waals surface area contributed by atoms with Crippen LogP contribution in [0.15, 0.2) is 0 Å². The Morgan fingerprint density at radius 2 is 2.13 bits per heavy atom. The molecule has 2 N–H and O–H groups in total. The van der Waals surface area contributed by atoms with Gasteiger partial charge in [-0.25, -0.2) is 8.42 Å². The molecular weight excluding hydrogens is 216 g/mol. The first kappa shape index (κ1) is 12.9. The molecule has 0 atom stereocenters. The normalized spacial score (nSPS) is 17.3. The number of nitrogens with zero attached hydrogens (tertiary/aromatic N) is 1. The van der Waals surface area contributed by atoms with Crippen LogP contribution in [0.25, 0.3) is 0 Å². The van der Waals surface area contributed by atoms with Gasteiger partial charge in [0.15, 0.2) is 0 Å². The number of methoxy groups -OCH3 is 1. The number of hydrogen-bond acceptors (Lipinski definition) is 4. The van der Waals surface area contributed by atoms with Crippen molar-refractivity contribution in [3.8, 4) is 0 Å². The van der Waals surface area contributed by atoms with Crippen molar-refractivity contribution in [1.82, 2.24) is 4.31 Å². The monoisotopic (exact) mass is 236 g/mol. The fraction of sp³-hybridized carbons (Fsp3) is 1.00. The molecule has 90 valence electrons. The van der Waals surface area contributed by atoms with E-state index in [9.17, 15) is 8.42 Å². The van der Waals surface area contributed by atoms with E-state index in [2.05, 4.69) is 0 Å². The fourth-order valence-electron chi connectivity index (χ4n) is 1.46. The molecule has 6 heteroatoms. The lowest BCUT2D eigenvalue weighted by Gasteiger charge is -2.21. The Morgan fingerprint density at radius 1 is 1.47 bits per heavy atom. The number of ether oxygens (including phenoxy) is 1. The van der Waals surface area contributed by atoms with Gasteiger partial charge < -0.3 is 10.5 Å². The van der Waals surface area contributed by atoms with Crippen LogP contribution in [0.1, 0.15) is 19.3 Å². The molecule has 15 heavy (non-hydrogen) atoms. The molecule has 1 aliphatic rings. The van der Waals surface area contributed by atoms with Gasteiger partial charge in [-0.15, -0.1) is 0 Å². The summed E-state index contributed by atoms with van der Waals surface area (Å²) in [6, 6.07) is 0.221. The Kier molecular flexibility index (Phi) is 4.98. The molecule has 0 amide bonds. The minimum absolute atomic E-state index is 0.0740. The van der Waals surface area contributed by atoms with Gasteiger partial charge in [0.2, 0.25) is 10.0 Å². The van der Waals surface area contributed by atoms with Gasteiger partial charge in [-0.2, -0.15) is 4.31 Å². The standard InChI is InChI=1S/C9H20N2O3S/c1-14-7-8-15(12,13)11(6-2-5-10)9-3-4-9/h9H,2-8,10H2,1H3.